The predicted molar refractivity (Wildman–Crippen MR) is 85.7 cm³/mol. The molecule has 18 heavy (non-hydrogen) atoms. The second-order valence-corrected chi connectivity index (χ2v) is 7.53. The van der Waals surface area contributed by atoms with Gasteiger partial charge in [-0.3, -0.25) is 0 Å². The molecule has 1 unspecified atom stereocenters. The van der Waals surface area contributed by atoms with E-state index in [-0.39, 0.29) is 23.2 Å². The summed E-state index contributed by atoms with van der Waals surface area (Å²) in [5.74, 6) is 0.525. The molecule has 0 aromatic heterocycles. The average Bonchev–Trinajstić information content (AvgIpc) is 2.25. The summed E-state index contributed by atoms with van der Waals surface area (Å²) in [6.45, 7) is 11.1. The summed E-state index contributed by atoms with van der Waals surface area (Å²) >= 11 is 1.90. The molecule has 1 rings (SSSR count). The molecule has 0 fully saturated rings. The Morgan fingerprint density at radius 1 is 1.22 bits per heavy atom. The first-order valence-electron chi connectivity index (χ1n) is 6.38. The van der Waals surface area contributed by atoms with Crippen molar-refractivity contribution in [3.05, 3.63) is 29.8 Å². The number of nitrogens with two attached hydrogens (primary N) is 1. The Kier molecular flexibility index (Phi) is 7.34. The lowest BCUT2D eigenvalue weighted by atomic mass is 9.93. The zero-order valence-corrected chi connectivity index (χ0v) is 13.7. The SMILES string of the molecule is CCC(C)[C@@H](N)c1ccccc1SC(C)(C)C.Cl. The molecule has 0 heterocycles. The molecule has 1 aromatic carbocycles. The number of hydrogen-bond acceptors (Lipinski definition) is 2. The normalized spacial score (nSPS) is 14.8. The van der Waals surface area contributed by atoms with Crippen LogP contribution in [0, 0.1) is 5.92 Å². The molecular formula is C15H26ClNS. The van der Waals surface area contributed by atoms with Crippen molar-refractivity contribution in [1.82, 2.24) is 0 Å². The summed E-state index contributed by atoms with van der Waals surface area (Å²) in [7, 11) is 0. The molecule has 0 aliphatic heterocycles. The van der Waals surface area contributed by atoms with Crippen LogP contribution in [0.15, 0.2) is 29.2 Å². The Balaban J connectivity index is 0.00000289. The molecule has 0 saturated carbocycles. The van der Waals surface area contributed by atoms with E-state index in [1.54, 1.807) is 0 Å². The zero-order chi connectivity index (χ0) is 13.1. The van der Waals surface area contributed by atoms with E-state index in [9.17, 15) is 0 Å². The van der Waals surface area contributed by atoms with E-state index in [2.05, 4.69) is 58.9 Å². The Labute approximate surface area is 122 Å². The highest BCUT2D eigenvalue weighted by atomic mass is 35.5. The smallest absolute Gasteiger partial charge is 0.0331 e. The molecule has 104 valence electrons. The summed E-state index contributed by atoms with van der Waals surface area (Å²) in [6, 6.07) is 8.69. The standard InChI is InChI=1S/C15H25NS.ClH/c1-6-11(2)14(16)12-9-7-8-10-13(12)17-15(3,4)5;/h7-11,14H,6,16H2,1-5H3;1H/t11?,14-;/m1./s1. The fourth-order valence-electron chi connectivity index (χ4n) is 1.74. The van der Waals surface area contributed by atoms with Gasteiger partial charge in [0.25, 0.3) is 0 Å². The molecule has 3 heteroatoms. The van der Waals surface area contributed by atoms with Crippen LogP contribution in [0.5, 0.6) is 0 Å². The van der Waals surface area contributed by atoms with E-state index in [1.807, 2.05) is 11.8 Å². The molecule has 0 aliphatic rings. The molecule has 0 bridgehead atoms. The maximum Gasteiger partial charge on any atom is 0.0331 e. The van der Waals surface area contributed by atoms with E-state index < -0.39 is 0 Å². The molecule has 2 atom stereocenters. The zero-order valence-electron chi connectivity index (χ0n) is 12.1. The van der Waals surface area contributed by atoms with E-state index >= 15 is 0 Å². The van der Waals surface area contributed by atoms with Gasteiger partial charge in [0.05, 0.1) is 0 Å². The molecule has 0 amide bonds. The van der Waals surface area contributed by atoms with Gasteiger partial charge in [0.2, 0.25) is 0 Å². The van der Waals surface area contributed by atoms with E-state index in [1.165, 1.54) is 10.5 Å². The third-order valence-electron chi connectivity index (χ3n) is 2.95. The topological polar surface area (TPSA) is 26.0 Å². The molecule has 0 radical (unpaired) electrons. The van der Waals surface area contributed by atoms with Crippen LogP contribution in [0.25, 0.3) is 0 Å². The maximum absolute atomic E-state index is 6.36. The first-order valence-corrected chi connectivity index (χ1v) is 7.20. The van der Waals surface area contributed by atoms with Crippen LogP contribution in [-0.4, -0.2) is 4.75 Å². The molecule has 1 nitrogen and oxygen atoms in total. The van der Waals surface area contributed by atoms with Crippen LogP contribution in [0.4, 0.5) is 0 Å². The highest BCUT2D eigenvalue weighted by molar-refractivity contribution is 8.00. The largest absolute Gasteiger partial charge is 0.324 e. The van der Waals surface area contributed by atoms with Crippen molar-refractivity contribution in [1.29, 1.82) is 0 Å². The highest BCUT2D eigenvalue weighted by Gasteiger charge is 2.20. The van der Waals surface area contributed by atoms with Gasteiger partial charge < -0.3 is 5.73 Å². The summed E-state index contributed by atoms with van der Waals surface area (Å²) < 4.78 is 0.227. The summed E-state index contributed by atoms with van der Waals surface area (Å²) in [5.41, 5.74) is 7.65. The predicted octanol–water partition coefficient (Wildman–Crippen LogP) is 5.04. The Bertz CT molecular complexity index is 360. The minimum absolute atomic E-state index is 0. The van der Waals surface area contributed by atoms with Gasteiger partial charge in [-0.2, -0.15) is 0 Å². The fraction of sp³-hybridized carbons (Fsp3) is 0.600. The van der Waals surface area contributed by atoms with Crippen molar-refractivity contribution >= 4 is 24.2 Å². The second kappa shape index (κ2) is 7.42. The van der Waals surface area contributed by atoms with Gasteiger partial charge in [-0.1, -0.05) is 59.2 Å². The number of rotatable bonds is 4. The molecule has 1 aromatic rings. The minimum atomic E-state index is 0. The quantitative estimate of drug-likeness (QED) is 0.785. The number of thioether (sulfide) groups is 1. The lowest BCUT2D eigenvalue weighted by molar-refractivity contribution is 0.452. The maximum atomic E-state index is 6.36. The van der Waals surface area contributed by atoms with Crippen LogP contribution in [-0.2, 0) is 0 Å². The van der Waals surface area contributed by atoms with E-state index in [4.69, 9.17) is 5.73 Å². The molecule has 0 aliphatic carbocycles. The summed E-state index contributed by atoms with van der Waals surface area (Å²) in [5, 5.41) is 0. The monoisotopic (exact) mass is 287 g/mol. The third kappa shape index (κ3) is 5.21. The number of halogens is 1. The fourth-order valence-corrected chi connectivity index (χ4v) is 2.87. The van der Waals surface area contributed by atoms with Gasteiger partial charge in [0.1, 0.15) is 0 Å². The molecule has 2 N–H and O–H groups in total. The van der Waals surface area contributed by atoms with Crippen LogP contribution < -0.4 is 5.73 Å². The Hall–Kier alpha value is -0.180. The lowest BCUT2D eigenvalue weighted by Gasteiger charge is -2.25. The van der Waals surface area contributed by atoms with Crippen LogP contribution in [0.2, 0.25) is 0 Å². The van der Waals surface area contributed by atoms with Crippen LogP contribution in [0.3, 0.4) is 0 Å². The van der Waals surface area contributed by atoms with Crippen LogP contribution in [0.1, 0.15) is 52.6 Å². The van der Waals surface area contributed by atoms with Crippen molar-refractivity contribution in [2.45, 2.75) is 56.7 Å². The number of hydrogen-bond donors (Lipinski definition) is 1. The molecule has 0 spiro atoms. The van der Waals surface area contributed by atoms with Crippen molar-refractivity contribution in [3.63, 3.8) is 0 Å². The van der Waals surface area contributed by atoms with E-state index in [0.29, 0.717) is 5.92 Å². The first kappa shape index (κ1) is 17.8. The van der Waals surface area contributed by atoms with Gasteiger partial charge >= 0.3 is 0 Å². The first-order chi connectivity index (χ1) is 7.85. The van der Waals surface area contributed by atoms with Gasteiger partial charge in [0.15, 0.2) is 0 Å². The summed E-state index contributed by atoms with van der Waals surface area (Å²) in [6.07, 6.45) is 1.12. The van der Waals surface area contributed by atoms with E-state index in [0.717, 1.165) is 6.42 Å². The average molecular weight is 288 g/mol. The Morgan fingerprint density at radius 2 is 1.78 bits per heavy atom. The van der Waals surface area contributed by atoms with Gasteiger partial charge in [-0.25, -0.2) is 0 Å². The Morgan fingerprint density at radius 3 is 2.28 bits per heavy atom. The second-order valence-electron chi connectivity index (χ2n) is 5.66. The third-order valence-corrected chi connectivity index (χ3v) is 4.16. The van der Waals surface area contributed by atoms with Gasteiger partial charge in [-0.15, -0.1) is 24.2 Å². The lowest BCUT2D eigenvalue weighted by Crippen LogP contribution is -2.20. The van der Waals surface area contributed by atoms with Gasteiger partial charge in [0, 0.05) is 15.7 Å². The summed E-state index contributed by atoms with van der Waals surface area (Å²) in [4.78, 5) is 1.33. The van der Waals surface area contributed by atoms with Crippen molar-refractivity contribution in [2.75, 3.05) is 0 Å². The van der Waals surface area contributed by atoms with Crippen molar-refractivity contribution < 1.29 is 0 Å². The van der Waals surface area contributed by atoms with Crippen molar-refractivity contribution in [2.24, 2.45) is 11.7 Å². The minimum Gasteiger partial charge on any atom is -0.324 e. The molecular weight excluding hydrogens is 262 g/mol. The van der Waals surface area contributed by atoms with Gasteiger partial charge in [-0.05, 0) is 17.5 Å². The van der Waals surface area contributed by atoms with Crippen LogP contribution >= 0.6 is 24.2 Å². The molecule has 0 saturated heterocycles. The highest BCUT2D eigenvalue weighted by Crippen LogP contribution is 2.37. The number of benzene rings is 1. The van der Waals surface area contributed by atoms with Crippen molar-refractivity contribution in [3.8, 4) is 0 Å².